The van der Waals surface area contributed by atoms with Crippen LogP contribution in [0.25, 0.3) is 0 Å². The highest BCUT2D eigenvalue weighted by molar-refractivity contribution is 9.10. The summed E-state index contributed by atoms with van der Waals surface area (Å²) in [5.41, 5.74) is 6.82. The van der Waals surface area contributed by atoms with Gasteiger partial charge in [0.1, 0.15) is 5.75 Å². The summed E-state index contributed by atoms with van der Waals surface area (Å²) < 4.78 is 6.58. The van der Waals surface area contributed by atoms with Gasteiger partial charge in [-0.3, -0.25) is 0 Å². The number of halogens is 1. The molecule has 1 aromatic carbocycles. The number of rotatable bonds is 3. The molecule has 0 radical (unpaired) electrons. The summed E-state index contributed by atoms with van der Waals surface area (Å²) in [6.07, 6.45) is 1.70. The normalized spacial score (nSPS) is 12.2. The molecule has 0 saturated heterocycles. The molecule has 17 heavy (non-hydrogen) atoms. The molecular weight excluding hydrogens is 280 g/mol. The predicted octanol–water partition coefficient (Wildman–Crippen LogP) is 3.66. The van der Waals surface area contributed by atoms with Gasteiger partial charge in [-0.25, -0.2) is 4.98 Å². The quantitative estimate of drug-likeness (QED) is 0.939. The van der Waals surface area contributed by atoms with Gasteiger partial charge < -0.3 is 10.5 Å². The van der Waals surface area contributed by atoms with Crippen LogP contribution in [0.2, 0.25) is 0 Å². The minimum Gasteiger partial charge on any atom is -0.438 e. The minimum absolute atomic E-state index is 0.0282. The van der Waals surface area contributed by atoms with Crippen molar-refractivity contribution in [3.63, 3.8) is 0 Å². The lowest BCUT2D eigenvalue weighted by atomic mass is 10.1. The monoisotopic (exact) mass is 292 g/mol. The van der Waals surface area contributed by atoms with Crippen molar-refractivity contribution in [2.75, 3.05) is 0 Å². The van der Waals surface area contributed by atoms with Gasteiger partial charge in [-0.05, 0) is 46.6 Å². The number of pyridine rings is 1. The van der Waals surface area contributed by atoms with Gasteiger partial charge in [0.2, 0.25) is 5.88 Å². The smallest absolute Gasteiger partial charge is 0.219 e. The maximum absolute atomic E-state index is 5.81. The Morgan fingerprint density at radius 3 is 2.76 bits per heavy atom. The number of benzene rings is 1. The third-order valence-electron chi connectivity index (χ3n) is 2.34. The average molecular weight is 293 g/mol. The van der Waals surface area contributed by atoms with E-state index in [9.17, 15) is 0 Å². The van der Waals surface area contributed by atoms with Crippen LogP contribution in [0.4, 0.5) is 0 Å². The Kier molecular flexibility index (Phi) is 3.76. The molecule has 0 amide bonds. The molecule has 2 rings (SSSR count). The lowest BCUT2D eigenvalue weighted by Gasteiger charge is -2.09. The topological polar surface area (TPSA) is 48.1 Å². The number of nitrogens with two attached hydrogens (primary N) is 1. The summed E-state index contributed by atoms with van der Waals surface area (Å²) in [4.78, 5) is 4.16. The zero-order chi connectivity index (χ0) is 12.3. The zero-order valence-corrected chi connectivity index (χ0v) is 11.0. The van der Waals surface area contributed by atoms with Crippen LogP contribution in [0, 0.1) is 0 Å². The second-order valence-electron chi connectivity index (χ2n) is 3.75. The van der Waals surface area contributed by atoms with Gasteiger partial charge in [0, 0.05) is 18.3 Å². The Labute approximate surface area is 109 Å². The van der Waals surface area contributed by atoms with E-state index in [1.807, 2.05) is 43.3 Å². The number of hydrogen-bond acceptors (Lipinski definition) is 3. The maximum Gasteiger partial charge on any atom is 0.219 e. The Bertz CT molecular complexity index is 514. The molecule has 0 aliphatic carbocycles. The van der Waals surface area contributed by atoms with E-state index in [1.54, 1.807) is 6.20 Å². The fourth-order valence-corrected chi connectivity index (χ4v) is 1.77. The van der Waals surface area contributed by atoms with Crippen molar-refractivity contribution < 1.29 is 4.74 Å². The van der Waals surface area contributed by atoms with Crippen LogP contribution in [-0.2, 0) is 0 Å². The maximum atomic E-state index is 5.81. The molecule has 1 atom stereocenters. The first-order valence-corrected chi connectivity index (χ1v) is 6.10. The van der Waals surface area contributed by atoms with Crippen molar-refractivity contribution in [2.24, 2.45) is 5.73 Å². The second-order valence-corrected chi connectivity index (χ2v) is 4.60. The fraction of sp³-hybridized carbons (Fsp3) is 0.154. The van der Waals surface area contributed by atoms with Crippen LogP contribution < -0.4 is 10.5 Å². The number of nitrogens with zero attached hydrogens (tertiary/aromatic N) is 1. The minimum atomic E-state index is -0.0282. The van der Waals surface area contributed by atoms with E-state index >= 15 is 0 Å². The van der Waals surface area contributed by atoms with E-state index in [1.165, 1.54) is 0 Å². The molecule has 1 heterocycles. The molecular formula is C13H13BrN2O. The van der Waals surface area contributed by atoms with E-state index < -0.39 is 0 Å². The first kappa shape index (κ1) is 12.1. The van der Waals surface area contributed by atoms with E-state index in [-0.39, 0.29) is 6.04 Å². The Balaban J connectivity index is 2.25. The predicted molar refractivity (Wildman–Crippen MR) is 71.1 cm³/mol. The van der Waals surface area contributed by atoms with E-state index in [0.29, 0.717) is 5.88 Å². The summed E-state index contributed by atoms with van der Waals surface area (Å²) in [5, 5.41) is 0. The average Bonchev–Trinajstić information content (AvgIpc) is 2.32. The van der Waals surface area contributed by atoms with Crippen molar-refractivity contribution in [3.8, 4) is 11.6 Å². The van der Waals surface area contributed by atoms with E-state index in [0.717, 1.165) is 15.8 Å². The summed E-state index contributed by atoms with van der Waals surface area (Å²) >= 11 is 3.42. The standard InChI is InChI=1S/C13H13BrN2O/c1-9(15)10-6-7-16-13(8-10)17-12-5-3-2-4-11(12)14/h2-9H,15H2,1H3. The second kappa shape index (κ2) is 5.29. The molecule has 88 valence electrons. The molecule has 1 unspecified atom stereocenters. The van der Waals surface area contributed by atoms with Crippen molar-refractivity contribution in [2.45, 2.75) is 13.0 Å². The number of para-hydroxylation sites is 1. The first-order valence-electron chi connectivity index (χ1n) is 5.31. The summed E-state index contributed by atoms with van der Waals surface area (Å²) in [6.45, 7) is 1.93. The largest absolute Gasteiger partial charge is 0.438 e. The fourth-order valence-electron chi connectivity index (χ4n) is 1.40. The van der Waals surface area contributed by atoms with Gasteiger partial charge in [-0.2, -0.15) is 0 Å². The van der Waals surface area contributed by atoms with Crippen LogP contribution in [0.3, 0.4) is 0 Å². The van der Waals surface area contributed by atoms with Gasteiger partial charge in [0.05, 0.1) is 4.47 Å². The zero-order valence-electron chi connectivity index (χ0n) is 9.43. The molecule has 0 fully saturated rings. The molecule has 3 nitrogen and oxygen atoms in total. The van der Waals surface area contributed by atoms with Gasteiger partial charge in [-0.15, -0.1) is 0 Å². The Morgan fingerprint density at radius 1 is 1.29 bits per heavy atom. The third kappa shape index (κ3) is 3.05. The Hall–Kier alpha value is -1.39. The highest BCUT2D eigenvalue weighted by Gasteiger charge is 2.05. The van der Waals surface area contributed by atoms with Gasteiger partial charge >= 0.3 is 0 Å². The molecule has 0 aliphatic rings. The summed E-state index contributed by atoms with van der Waals surface area (Å²) in [5.74, 6) is 1.29. The third-order valence-corrected chi connectivity index (χ3v) is 2.99. The van der Waals surface area contributed by atoms with E-state index in [4.69, 9.17) is 10.5 Å². The van der Waals surface area contributed by atoms with Crippen LogP contribution in [0.1, 0.15) is 18.5 Å². The first-order chi connectivity index (χ1) is 8.16. The Morgan fingerprint density at radius 2 is 2.06 bits per heavy atom. The molecule has 2 aromatic rings. The highest BCUT2D eigenvalue weighted by Crippen LogP contribution is 2.28. The van der Waals surface area contributed by atoms with Crippen LogP contribution in [0.15, 0.2) is 47.1 Å². The van der Waals surface area contributed by atoms with Crippen LogP contribution >= 0.6 is 15.9 Å². The van der Waals surface area contributed by atoms with E-state index in [2.05, 4.69) is 20.9 Å². The van der Waals surface area contributed by atoms with Crippen LogP contribution in [0.5, 0.6) is 11.6 Å². The van der Waals surface area contributed by atoms with Crippen molar-refractivity contribution in [1.29, 1.82) is 0 Å². The number of hydrogen-bond donors (Lipinski definition) is 1. The molecule has 1 aromatic heterocycles. The van der Waals surface area contributed by atoms with Gasteiger partial charge in [0.25, 0.3) is 0 Å². The number of ether oxygens (including phenoxy) is 1. The molecule has 2 N–H and O–H groups in total. The lowest BCUT2D eigenvalue weighted by Crippen LogP contribution is -2.05. The van der Waals surface area contributed by atoms with Crippen molar-refractivity contribution in [3.05, 3.63) is 52.6 Å². The van der Waals surface area contributed by atoms with Gasteiger partial charge in [0.15, 0.2) is 0 Å². The summed E-state index contributed by atoms with van der Waals surface area (Å²) in [6, 6.07) is 11.4. The van der Waals surface area contributed by atoms with Crippen LogP contribution in [-0.4, -0.2) is 4.98 Å². The van der Waals surface area contributed by atoms with Crippen molar-refractivity contribution >= 4 is 15.9 Å². The highest BCUT2D eigenvalue weighted by atomic mass is 79.9. The lowest BCUT2D eigenvalue weighted by molar-refractivity contribution is 0.459. The molecule has 0 bridgehead atoms. The number of aromatic nitrogens is 1. The molecule has 0 spiro atoms. The molecule has 0 aliphatic heterocycles. The summed E-state index contributed by atoms with van der Waals surface area (Å²) in [7, 11) is 0. The van der Waals surface area contributed by atoms with Crippen molar-refractivity contribution in [1.82, 2.24) is 4.98 Å². The molecule has 4 heteroatoms. The SMILES string of the molecule is CC(N)c1ccnc(Oc2ccccc2Br)c1. The van der Waals surface area contributed by atoms with Gasteiger partial charge in [-0.1, -0.05) is 12.1 Å². The molecule has 0 saturated carbocycles.